The van der Waals surface area contributed by atoms with Crippen molar-refractivity contribution >= 4 is 5.71 Å². The lowest BCUT2D eigenvalue weighted by molar-refractivity contribution is -0.154. The summed E-state index contributed by atoms with van der Waals surface area (Å²) in [5.74, 6) is -0.825. The molecule has 0 aliphatic rings. The molecule has 0 saturated carbocycles. The quantitative estimate of drug-likeness (QED) is 0.683. The summed E-state index contributed by atoms with van der Waals surface area (Å²) in [5, 5.41) is 7.18. The molecule has 0 bridgehead atoms. The first-order chi connectivity index (χ1) is 8.49. The number of ether oxygens (including phenoxy) is 1. The van der Waals surface area contributed by atoms with E-state index in [1.165, 1.54) is 0 Å². The normalized spacial score (nSPS) is 12.4. The van der Waals surface area contributed by atoms with Gasteiger partial charge in [0.25, 0.3) is 0 Å². The second kappa shape index (κ2) is 5.06. The number of rotatable bonds is 3. The number of pyridine rings is 1. The Balaban J connectivity index is 3.11. The van der Waals surface area contributed by atoms with Gasteiger partial charge in [0.05, 0.1) is 17.0 Å². The van der Waals surface area contributed by atoms with Crippen molar-refractivity contribution in [2.75, 3.05) is 6.61 Å². The van der Waals surface area contributed by atoms with E-state index in [0.717, 1.165) is 6.92 Å². The Morgan fingerprint density at radius 3 is 2.21 bits per heavy atom. The molecule has 1 heterocycles. The Hall–Kier alpha value is -1.80. The van der Waals surface area contributed by atoms with Gasteiger partial charge in [0.2, 0.25) is 5.88 Å². The van der Waals surface area contributed by atoms with Gasteiger partial charge in [0, 0.05) is 6.07 Å². The minimum absolute atomic E-state index is 0.317. The Labute approximate surface area is 103 Å². The molecule has 106 valence electrons. The number of hydrogen-bond donors (Lipinski definition) is 1. The molecule has 1 rings (SSSR count). The van der Waals surface area contributed by atoms with Crippen molar-refractivity contribution in [1.82, 2.24) is 4.98 Å². The van der Waals surface area contributed by atoms with Crippen molar-refractivity contribution in [3.63, 3.8) is 0 Å². The second-order valence-electron chi connectivity index (χ2n) is 3.61. The molecule has 0 aliphatic carbocycles. The zero-order valence-electron chi connectivity index (χ0n) is 9.49. The molecule has 0 atom stereocenters. The highest BCUT2D eigenvalue weighted by atomic mass is 19.4. The molecular formula is C10H8F6N2O. The third kappa shape index (κ3) is 4.76. The summed E-state index contributed by atoms with van der Waals surface area (Å²) >= 11 is 0. The number of alkyl halides is 6. The maximum Gasteiger partial charge on any atom is 0.422 e. The van der Waals surface area contributed by atoms with E-state index in [1.54, 1.807) is 0 Å². The summed E-state index contributed by atoms with van der Waals surface area (Å²) in [4.78, 5) is 3.40. The minimum atomic E-state index is -4.76. The van der Waals surface area contributed by atoms with Crippen molar-refractivity contribution in [2.24, 2.45) is 0 Å². The summed E-state index contributed by atoms with van der Waals surface area (Å²) in [6.45, 7) is -0.589. The van der Waals surface area contributed by atoms with Crippen LogP contribution in [0.5, 0.6) is 5.88 Å². The van der Waals surface area contributed by atoms with Crippen molar-refractivity contribution in [3.05, 3.63) is 23.4 Å². The topological polar surface area (TPSA) is 46.0 Å². The van der Waals surface area contributed by atoms with Crippen molar-refractivity contribution in [3.8, 4) is 5.88 Å². The molecule has 0 aliphatic heterocycles. The average molecular weight is 286 g/mol. The Kier molecular flexibility index (Phi) is 4.06. The van der Waals surface area contributed by atoms with E-state index in [1.807, 2.05) is 0 Å². The van der Waals surface area contributed by atoms with Gasteiger partial charge in [-0.2, -0.15) is 26.3 Å². The summed E-state index contributed by atoms with van der Waals surface area (Å²) < 4.78 is 77.4. The van der Waals surface area contributed by atoms with Gasteiger partial charge in [-0.15, -0.1) is 0 Å². The molecule has 0 amide bonds. The number of nitrogens with one attached hydrogen (secondary N) is 1. The second-order valence-corrected chi connectivity index (χ2v) is 3.61. The van der Waals surface area contributed by atoms with E-state index in [4.69, 9.17) is 5.41 Å². The Bertz CT molecular complexity index is 480. The van der Waals surface area contributed by atoms with Gasteiger partial charge in [-0.25, -0.2) is 4.98 Å². The molecule has 3 nitrogen and oxygen atoms in total. The third-order valence-corrected chi connectivity index (χ3v) is 1.90. The molecule has 0 fully saturated rings. The zero-order chi connectivity index (χ0) is 14.8. The first kappa shape index (κ1) is 15.3. The van der Waals surface area contributed by atoms with Crippen LogP contribution in [-0.2, 0) is 6.18 Å². The van der Waals surface area contributed by atoms with Gasteiger partial charge in [-0.05, 0) is 13.0 Å². The molecule has 1 N–H and O–H groups in total. The van der Waals surface area contributed by atoms with Crippen LogP contribution in [0.15, 0.2) is 12.1 Å². The molecule has 0 spiro atoms. The Morgan fingerprint density at radius 2 is 1.79 bits per heavy atom. The predicted octanol–water partition coefficient (Wildman–Crippen LogP) is 3.43. The minimum Gasteiger partial charge on any atom is -0.468 e. The molecule has 0 saturated heterocycles. The van der Waals surface area contributed by atoms with E-state index in [2.05, 4.69) is 9.72 Å². The van der Waals surface area contributed by atoms with Gasteiger partial charge < -0.3 is 10.1 Å². The summed E-state index contributed by atoms with van der Waals surface area (Å²) in [7, 11) is 0. The van der Waals surface area contributed by atoms with Gasteiger partial charge in [-0.3, -0.25) is 0 Å². The highest BCUT2D eigenvalue weighted by Crippen LogP contribution is 2.32. The highest BCUT2D eigenvalue weighted by Gasteiger charge is 2.33. The van der Waals surface area contributed by atoms with Gasteiger partial charge in [-0.1, -0.05) is 0 Å². The largest absolute Gasteiger partial charge is 0.468 e. The maximum absolute atomic E-state index is 12.5. The first-order valence-electron chi connectivity index (χ1n) is 4.83. The van der Waals surface area contributed by atoms with Crippen molar-refractivity contribution in [2.45, 2.75) is 19.3 Å². The van der Waals surface area contributed by atoms with E-state index in [-0.39, 0.29) is 5.71 Å². The van der Waals surface area contributed by atoms with E-state index < -0.39 is 36.1 Å². The van der Waals surface area contributed by atoms with Crippen LogP contribution in [0.25, 0.3) is 0 Å². The van der Waals surface area contributed by atoms with Crippen LogP contribution in [0.1, 0.15) is 18.2 Å². The first-order valence-corrected chi connectivity index (χ1v) is 4.83. The van der Waals surface area contributed by atoms with Gasteiger partial charge in [0.1, 0.15) is 0 Å². The van der Waals surface area contributed by atoms with E-state index in [0.29, 0.717) is 12.1 Å². The molecule has 19 heavy (non-hydrogen) atoms. The molecular weight excluding hydrogens is 278 g/mol. The number of halogens is 6. The average Bonchev–Trinajstić information content (AvgIpc) is 2.23. The van der Waals surface area contributed by atoms with Crippen LogP contribution < -0.4 is 4.74 Å². The smallest absolute Gasteiger partial charge is 0.422 e. The van der Waals surface area contributed by atoms with Crippen LogP contribution in [0, 0.1) is 5.41 Å². The molecule has 0 radical (unpaired) electrons. The highest BCUT2D eigenvalue weighted by molar-refractivity contribution is 5.94. The van der Waals surface area contributed by atoms with Crippen molar-refractivity contribution < 1.29 is 31.1 Å². The predicted molar refractivity (Wildman–Crippen MR) is 53.3 cm³/mol. The fourth-order valence-electron chi connectivity index (χ4n) is 1.09. The maximum atomic E-state index is 12.5. The lowest BCUT2D eigenvalue weighted by atomic mass is 10.2. The van der Waals surface area contributed by atoms with Crippen LogP contribution >= 0.6 is 0 Å². The number of nitrogens with zero attached hydrogens (tertiary/aromatic N) is 1. The lowest BCUT2D eigenvalue weighted by Crippen LogP contribution is -2.20. The molecule has 0 aromatic carbocycles. The third-order valence-electron chi connectivity index (χ3n) is 1.90. The van der Waals surface area contributed by atoms with Crippen molar-refractivity contribution in [1.29, 1.82) is 5.41 Å². The summed E-state index contributed by atoms with van der Waals surface area (Å²) in [6, 6.07) is 0.932. The van der Waals surface area contributed by atoms with E-state index >= 15 is 0 Å². The van der Waals surface area contributed by atoms with Crippen LogP contribution in [-0.4, -0.2) is 23.5 Å². The van der Waals surface area contributed by atoms with E-state index in [9.17, 15) is 26.3 Å². The van der Waals surface area contributed by atoms with Gasteiger partial charge >= 0.3 is 12.4 Å². The SMILES string of the molecule is CC(=N)c1cc(C(F)(F)F)cc(OCC(F)(F)F)n1. The molecule has 1 aromatic heterocycles. The molecule has 9 heteroatoms. The monoisotopic (exact) mass is 286 g/mol. The number of hydrogen-bond acceptors (Lipinski definition) is 3. The molecule has 0 unspecified atom stereocenters. The Morgan fingerprint density at radius 1 is 1.21 bits per heavy atom. The number of aromatic nitrogens is 1. The van der Waals surface area contributed by atoms with Crippen LogP contribution in [0.3, 0.4) is 0 Å². The fraction of sp³-hybridized carbons (Fsp3) is 0.400. The summed E-state index contributed by atoms with van der Waals surface area (Å²) in [6.07, 6.45) is -9.45. The van der Waals surface area contributed by atoms with Crippen LogP contribution in [0.2, 0.25) is 0 Å². The standard InChI is InChI=1S/C10H8F6N2O/c1-5(17)7-2-6(10(14,15)16)3-8(18-7)19-4-9(11,12)13/h2-3,17H,4H2,1H3. The molecule has 1 aromatic rings. The van der Waals surface area contributed by atoms with Gasteiger partial charge in [0.15, 0.2) is 6.61 Å². The lowest BCUT2D eigenvalue weighted by Gasteiger charge is -2.12. The van der Waals surface area contributed by atoms with Crippen LogP contribution in [0.4, 0.5) is 26.3 Å². The summed E-state index contributed by atoms with van der Waals surface area (Å²) in [5.41, 5.74) is -1.93. The fourth-order valence-corrected chi connectivity index (χ4v) is 1.09. The zero-order valence-corrected chi connectivity index (χ0v) is 9.49.